The molecular weight excluding hydrogens is 389 g/mol. The van der Waals surface area contributed by atoms with Crippen LogP contribution in [0.4, 0.5) is 4.39 Å². The van der Waals surface area contributed by atoms with Gasteiger partial charge in [0.1, 0.15) is 5.82 Å². The number of hydrogen-bond acceptors (Lipinski definition) is 2. The second kappa shape index (κ2) is 7.72. The lowest BCUT2D eigenvalue weighted by Crippen LogP contribution is -2.29. The smallest absolute Gasteiger partial charge is 0.290 e. The first-order chi connectivity index (χ1) is 13.9. The number of nitrogens with zero attached hydrogens (tertiary/aromatic N) is 1. The van der Waals surface area contributed by atoms with E-state index in [0.29, 0.717) is 22.7 Å². The van der Waals surface area contributed by atoms with E-state index in [9.17, 15) is 14.3 Å². The topological polar surface area (TPSA) is 40.5 Å². The average Bonchev–Trinajstić information content (AvgIpc) is 2.96. The Bertz CT molecular complexity index is 1070. The van der Waals surface area contributed by atoms with Crippen LogP contribution in [0.1, 0.15) is 28.3 Å². The van der Waals surface area contributed by atoms with Crippen molar-refractivity contribution in [1.82, 2.24) is 4.90 Å². The van der Waals surface area contributed by atoms with Crippen LogP contribution in [-0.2, 0) is 11.3 Å². The monoisotopic (exact) mass is 407 g/mol. The Kier molecular flexibility index (Phi) is 5.12. The Labute approximate surface area is 173 Å². The van der Waals surface area contributed by atoms with Gasteiger partial charge in [-0.25, -0.2) is 4.39 Å². The van der Waals surface area contributed by atoms with E-state index in [2.05, 4.69) is 0 Å². The summed E-state index contributed by atoms with van der Waals surface area (Å²) in [5.41, 5.74) is 3.98. The van der Waals surface area contributed by atoms with Crippen LogP contribution < -0.4 is 0 Å². The summed E-state index contributed by atoms with van der Waals surface area (Å²) in [5.74, 6) is -1.11. The Morgan fingerprint density at radius 1 is 0.966 bits per heavy atom. The number of halogens is 2. The molecule has 0 bridgehead atoms. The summed E-state index contributed by atoms with van der Waals surface area (Å²) < 4.78 is 13.5. The summed E-state index contributed by atoms with van der Waals surface area (Å²) in [6.07, 6.45) is 0. The van der Waals surface area contributed by atoms with Crippen molar-refractivity contribution in [1.29, 1.82) is 0 Å². The molecule has 4 rings (SSSR count). The van der Waals surface area contributed by atoms with Crippen LogP contribution in [-0.4, -0.2) is 15.9 Å². The van der Waals surface area contributed by atoms with Crippen LogP contribution in [0, 0.1) is 12.7 Å². The normalized spacial score (nSPS) is 16.6. The van der Waals surface area contributed by atoms with Gasteiger partial charge < -0.3 is 10.0 Å². The summed E-state index contributed by atoms with van der Waals surface area (Å²) in [4.78, 5) is 14.6. The van der Waals surface area contributed by atoms with E-state index in [-0.39, 0.29) is 11.6 Å². The molecule has 1 N–H and O–H groups in total. The number of carbonyl (C=O) groups excluding carboxylic acids is 1. The summed E-state index contributed by atoms with van der Waals surface area (Å²) in [6, 6.07) is 20.3. The molecule has 3 aromatic rings. The fourth-order valence-electron chi connectivity index (χ4n) is 3.62. The molecule has 0 spiro atoms. The number of hydrogen-bond donors (Lipinski definition) is 1. The SMILES string of the molecule is Cc1ccc(CN2C(=O)C(O)=C(c3ccc(Cl)cc3)[C@@H]2c2ccc(F)cc2)cc1. The van der Waals surface area contributed by atoms with Gasteiger partial charge in [-0.1, -0.05) is 65.7 Å². The number of rotatable bonds is 4. The molecule has 0 saturated carbocycles. The number of aliphatic hydroxyl groups excluding tert-OH is 1. The van der Waals surface area contributed by atoms with Gasteiger partial charge in [-0.2, -0.15) is 0 Å². The molecule has 0 aromatic heterocycles. The van der Waals surface area contributed by atoms with Crippen LogP contribution in [0.5, 0.6) is 0 Å². The van der Waals surface area contributed by atoms with Crippen molar-refractivity contribution in [3.05, 3.63) is 112 Å². The fraction of sp³-hybridized carbons (Fsp3) is 0.125. The molecule has 1 atom stereocenters. The second-order valence-electron chi connectivity index (χ2n) is 7.14. The van der Waals surface area contributed by atoms with Gasteiger partial charge in [-0.05, 0) is 47.9 Å². The van der Waals surface area contributed by atoms with E-state index in [0.717, 1.165) is 16.7 Å². The maximum Gasteiger partial charge on any atom is 0.290 e. The minimum absolute atomic E-state index is 0.297. The highest BCUT2D eigenvalue weighted by Gasteiger charge is 2.40. The maximum atomic E-state index is 13.5. The highest BCUT2D eigenvalue weighted by Crippen LogP contribution is 2.43. The first-order valence-corrected chi connectivity index (χ1v) is 9.63. The van der Waals surface area contributed by atoms with Gasteiger partial charge in [0, 0.05) is 17.1 Å². The third-order valence-corrected chi connectivity index (χ3v) is 5.37. The molecule has 0 aliphatic carbocycles. The quantitative estimate of drug-likeness (QED) is 0.590. The van der Waals surface area contributed by atoms with E-state index >= 15 is 0 Å². The molecular formula is C24H19ClFNO2. The molecule has 1 amide bonds. The van der Waals surface area contributed by atoms with E-state index < -0.39 is 11.9 Å². The zero-order valence-corrected chi connectivity index (χ0v) is 16.5. The van der Waals surface area contributed by atoms with Crippen molar-refractivity contribution >= 4 is 23.1 Å². The van der Waals surface area contributed by atoms with Crippen molar-refractivity contribution in [2.45, 2.75) is 19.5 Å². The molecule has 1 aliphatic rings. The number of benzene rings is 3. The molecule has 1 heterocycles. The van der Waals surface area contributed by atoms with Crippen molar-refractivity contribution in [3.63, 3.8) is 0 Å². The number of aliphatic hydroxyl groups is 1. The molecule has 146 valence electrons. The van der Waals surface area contributed by atoms with Gasteiger partial charge in [0.25, 0.3) is 5.91 Å². The van der Waals surface area contributed by atoms with Crippen LogP contribution in [0.25, 0.3) is 5.57 Å². The Morgan fingerprint density at radius 3 is 2.21 bits per heavy atom. The fourth-order valence-corrected chi connectivity index (χ4v) is 3.75. The lowest BCUT2D eigenvalue weighted by molar-refractivity contribution is -0.130. The summed E-state index contributed by atoms with van der Waals surface area (Å²) in [7, 11) is 0. The molecule has 3 nitrogen and oxygen atoms in total. The Hall–Kier alpha value is -3.11. The van der Waals surface area contributed by atoms with Crippen molar-refractivity contribution in [3.8, 4) is 0 Å². The largest absolute Gasteiger partial charge is 0.503 e. The van der Waals surface area contributed by atoms with Crippen molar-refractivity contribution in [2.75, 3.05) is 0 Å². The highest BCUT2D eigenvalue weighted by molar-refractivity contribution is 6.30. The van der Waals surface area contributed by atoms with Crippen LogP contribution in [0.2, 0.25) is 5.02 Å². The number of aryl methyl sites for hydroxylation is 1. The van der Waals surface area contributed by atoms with Crippen LogP contribution in [0.3, 0.4) is 0 Å². The van der Waals surface area contributed by atoms with Crippen molar-refractivity contribution in [2.24, 2.45) is 0 Å². The average molecular weight is 408 g/mol. The lowest BCUT2D eigenvalue weighted by atomic mass is 9.93. The predicted octanol–water partition coefficient (Wildman–Crippen LogP) is 5.84. The van der Waals surface area contributed by atoms with Gasteiger partial charge in [0.2, 0.25) is 0 Å². The van der Waals surface area contributed by atoms with Crippen molar-refractivity contribution < 1.29 is 14.3 Å². The first kappa shape index (κ1) is 19.2. The van der Waals surface area contributed by atoms with Crippen LogP contribution in [0.15, 0.2) is 78.6 Å². The molecule has 1 aliphatic heterocycles. The van der Waals surface area contributed by atoms with Gasteiger partial charge >= 0.3 is 0 Å². The minimum atomic E-state index is -0.537. The third-order valence-electron chi connectivity index (χ3n) is 5.12. The van der Waals surface area contributed by atoms with Gasteiger partial charge in [0.05, 0.1) is 6.04 Å². The zero-order valence-electron chi connectivity index (χ0n) is 15.8. The highest BCUT2D eigenvalue weighted by atomic mass is 35.5. The molecule has 0 unspecified atom stereocenters. The van der Waals surface area contributed by atoms with E-state index in [1.54, 1.807) is 41.3 Å². The molecule has 0 fully saturated rings. The first-order valence-electron chi connectivity index (χ1n) is 9.25. The summed E-state index contributed by atoms with van der Waals surface area (Å²) in [5, 5.41) is 11.3. The number of carbonyl (C=O) groups is 1. The molecule has 29 heavy (non-hydrogen) atoms. The lowest BCUT2D eigenvalue weighted by Gasteiger charge is -2.27. The van der Waals surface area contributed by atoms with Gasteiger partial charge in [0.15, 0.2) is 5.76 Å². The summed E-state index contributed by atoms with van der Waals surface area (Å²) in [6.45, 7) is 2.32. The van der Waals surface area contributed by atoms with Gasteiger partial charge in [-0.15, -0.1) is 0 Å². The molecule has 0 saturated heterocycles. The van der Waals surface area contributed by atoms with Crippen LogP contribution >= 0.6 is 11.6 Å². The Balaban J connectivity index is 1.80. The maximum absolute atomic E-state index is 13.5. The molecule has 3 aromatic carbocycles. The molecule has 0 radical (unpaired) electrons. The van der Waals surface area contributed by atoms with E-state index in [1.165, 1.54) is 12.1 Å². The number of amides is 1. The molecule has 5 heteroatoms. The van der Waals surface area contributed by atoms with E-state index in [1.807, 2.05) is 31.2 Å². The predicted molar refractivity (Wildman–Crippen MR) is 112 cm³/mol. The Morgan fingerprint density at radius 2 is 1.59 bits per heavy atom. The standard InChI is InChI=1S/C24H19ClFNO2/c1-15-2-4-16(5-3-15)14-27-22(18-8-12-20(26)13-9-18)21(23(28)24(27)29)17-6-10-19(25)11-7-17/h2-13,22,28H,14H2,1H3/t22-/m0/s1. The second-order valence-corrected chi connectivity index (χ2v) is 7.58. The third kappa shape index (κ3) is 3.76. The van der Waals surface area contributed by atoms with E-state index in [4.69, 9.17) is 11.6 Å². The zero-order chi connectivity index (χ0) is 20.5. The summed E-state index contributed by atoms with van der Waals surface area (Å²) >= 11 is 6.01. The van der Waals surface area contributed by atoms with Gasteiger partial charge in [-0.3, -0.25) is 4.79 Å². The minimum Gasteiger partial charge on any atom is -0.503 e.